The standard InChI is InChI=1S/C13H16N2O3.ClH/c1-13(2,12(17)18-3)11(15)9-6-4-5-8(7-14)10(9)16;/h4-6,11,16H,15H2,1-3H3;1H/t11-;/m0./s1. The van der Waals surface area contributed by atoms with Crippen molar-refractivity contribution in [1.82, 2.24) is 0 Å². The Kier molecular flexibility index (Phi) is 5.81. The van der Waals surface area contributed by atoms with Crippen LogP contribution in [0.15, 0.2) is 18.2 Å². The van der Waals surface area contributed by atoms with Gasteiger partial charge in [0.25, 0.3) is 0 Å². The quantitative estimate of drug-likeness (QED) is 0.826. The summed E-state index contributed by atoms with van der Waals surface area (Å²) in [5, 5.41) is 18.8. The molecule has 0 spiro atoms. The normalized spacial score (nSPS) is 11.9. The molecule has 0 aliphatic carbocycles. The second kappa shape index (κ2) is 6.41. The van der Waals surface area contributed by atoms with Crippen LogP contribution in [-0.4, -0.2) is 18.2 Å². The van der Waals surface area contributed by atoms with Crippen molar-refractivity contribution in [2.45, 2.75) is 19.9 Å². The summed E-state index contributed by atoms with van der Waals surface area (Å²) >= 11 is 0. The predicted molar refractivity (Wildman–Crippen MR) is 72.8 cm³/mol. The van der Waals surface area contributed by atoms with Crippen molar-refractivity contribution in [3.8, 4) is 11.8 Å². The van der Waals surface area contributed by atoms with Crippen LogP contribution in [0.3, 0.4) is 0 Å². The molecule has 0 fully saturated rings. The summed E-state index contributed by atoms with van der Waals surface area (Å²) in [6.45, 7) is 3.25. The van der Waals surface area contributed by atoms with E-state index in [9.17, 15) is 9.90 Å². The first kappa shape index (κ1) is 17.2. The molecule has 0 amide bonds. The number of nitrogens with zero attached hydrogens (tertiary/aromatic N) is 1. The highest BCUT2D eigenvalue weighted by Gasteiger charge is 2.38. The lowest BCUT2D eigenvalue weighted by Gasteiger charge is -2.29. The van der Waals surface area contributed by atoms with Crippen LogP contribution in [0.25, 0.3) is 0 Å². The van der Waals surface area contributed by atoms with Crippen molar-refractivity contribution in [3.05, 3.63) is 29.3 Å². The lowest BCUT2D eigenvalue weighted by molar-refractivity contribution is -0.152. The number of esters is 1. The number of carbonyl (C=O) groups is 1. The number of ether oxygens (including phenoxy) is 1. The van der Waals surface area contributed by atoms with E-state index in [2.05, 4.69) is 4.74 Å². The number of phenolic OH excluding ortho intramolecular Hbond substituents is 1. The number of benzene rings is 1. The van der Waals surface area contributed by atoms with Gasteiger partial charge in [-0.2, -0.15) is 5.26 Å². The third kappa shape index (κ3) is 3.16. The largest absolute Gasteiger partial charge is 0.506 e. The third-order valence-corrected chi connectivity index (χ3v) is 3.01. The Morgan fingerprint density at radius 2 is 2.11 bits per heavy atom. The fourth-order valence-corrected chi connectivity index (χ4v) is 1.68. The zero-order valence-electron chi connectivity index (χ0n) is 11.0. The first-order valence-corrected chi connectivity index (χ1v) is 5.42. The predicted octanol–water partition coefficient (Wildman–Crippen LogP) is 1.88. The molecule has 0 saturated carbocycles. The Labute approximate surface area is 118 Å². The minimum absolute atomic E-state index is 0. The van der Waals surface area contributed by atoms with E-state index >= 15 is 0 Å². The van der Waals surface area contributed by atoms with Gasteiger partial charge in [-0.25, -0.2) is 0 Å². The summed E-state index contributed by atoms with van der Waals surface area (Å²) in [5.41, 5.74) is 5.48. The van der Waals surface area contributed by atoms with Gasteiger partial charge in [-0.3, -0.25) is 4.79 Å². The van der Waals surface area contributed by atoms with E-state index in [0.29, 0.717) is 5.56 Å². The number of methoxy groups -OCH3 is 1. The van der Waals surface area contributed by atoms with E-state index in [1.807, 2.05) is 6.07 Å². The Morgan fingerprint density at radius 1 is 1.53 bits per heavy atom. The van der Waals surface area contributed by atoms with Crippen LogP contribution in [0.2, 0.25) is 0 Å². The average Bonchev–Trinajstić information content (AvgIpc) is 2.37. The summed E-state index contributed by atoms with van der Waals surface area (Å²) in [6, 6.07) is 5.78. The topological polar surface area (TPSA) is 96.3 Å². The van der Waals surface area contributed by atoms with Crippen molar-refractivity contribution in [1.29, 1.82) is 5.26 Å². The Bertz CT molecular complexity index is 509. The van der Waals surface area contributed by atoms with Crippen LogP contribution in [0.1, 0.15) is 31.0 Å². The molecule has 0 aliphatic rings. The van der Waals surface area contributed by atoms with E-state index in [0.717, 1.165) is 0 Å². The SMILES string of the molecule is COC(=O)C(C)(C)[C@@H](N)c1cccc(C#N)c1O.Cl. The molecule has 0 heterocycles. The molecule has 104 valence electrons. The molecule has 5 nitrogen and oxygen atoms in total. The van der Waals surface area contributed by atoms with Gasteiger partial charge in [-0.05, 0) is 19.9 Å². The van der Waals surface area contributed by atoms with Crippen LogP contribution in [0, 0.1) is 16.7 Å². The minimum atomic E-state index is -1.000. The van der Waals surface area contributed by atoms with Crippen LogP contribution in [0.4, 0.5) is 0 Å². The van der Waals surface area contributed by atoms with Crippen LogP contribution in [0.5, 0.6) is 5.75 Å². The highest BCUT2D eigenvalue weighted by molar-refractivity contribution is 5.85. The molecule has 0 radical (unpaired) electrons. The molecule has 0 aliphatic heterocycles. The smallest absolute Gasteiger partial charge is 0.313 e. The van der Waals surface area contributed by atoms with Crippen LogP contribution >= 0.6 is 12.4 Å². The second-order valence-corrected chi connectivity index (χ2v) is 4.55. The van der Waals surface area contributed by atoms with E-state index < -0.39 is 17.4 Å². The molecule has 0 unspecified atom stereocenters. The van der Waals surface area contributed by atoms with Gasteiger partial charge in [0.2, 0.25) is 0 Å². The maximum Gasteiger partial charge on any atom is 0.313 e. The number of carbonyl (C=O) groups excluding carboxylic acids is 1. The van der Waals surface area contributed by atoms with Gasteiger partial charge in [0, 0.05) is 11.6 Å². The maximum atomic E-state index is 11.7. The number of halogens is 1. The zero-order chi connectivity index (χ0) is 13.9. The molecule has 0 aromatic heterocycles. The van der Waals surface area contributed by atoms with Gasteiger partial charge >= 0.3 is 5.97 Å². The Balaban J connectivity index is 0.00000324. The van der Waals surface area contributed by atoms with Gasteiger partial charge in [-0.1, -0.05) is 12.1 Å². The molecule has 1 rings (SSSR count). The molecule has 1 atom stereocenters. The zero-order valence-corrected chi connectivity index (χ0v) is 11.8. The number of nitrogens with two attached hydrogens (primary N) is 1. The van der Waals surface area contributed by atoms with Crippen molar-refractivity contribution in [3.63, 3.8) is 0 Å². The molecular formula is C13H17ClN2O3. The number of hydrogen-bond donors (Lipinski definition) is 2. The van der Waals surface area contributed by atoms with Gasteiger partial charge in [0.05, 0.1) is 18.1 Å². The summed E-state index contributed by atoms with van der Waals surface area (Å²) < 4.78 is 4.69. The number of nitriles is 1. The molecule has 0 bridgehead atoms. The van der Waals surface area contributed by atoms with Gasteiger partial charge in [0.15, 0.2) is 0 Å². The lowest BCUT2D eigenvalue weighted by Crippen LogP contribution is -2.37. The van der Waals surface area contributed by atoms with E-state index in [1.165, 1.54) is 13.2 Å². The molecule has 1 aromatic carbocycles. The molecular weight excluding hydrogens is 268 g/mol. The lowest BCUT2D eigenvalue weighted by atomic mass is 9.80. The highest BCUT2D eigenvalue weighted by atomic mass is 35.5. The average molecular weight is 285 g/mol. The number of phenols is 1. The first-order chi connectivity index (χ1) is 8.36. The van der Waals surface area contributed by atoms with Crippen LogP contribution in [-0.2, 0) is 9.53 Å². The fraction of sp³-hybridized carbons (Fsp3) is 0.385. The van der Waals surface area contributed by atoms with Crippen LogP contribution < -0.4 is 5.73 Å². The van der Waals surface area contributed by atoms with Gasteiger partial charge in [0.1, 0.15) is 11.8 Å². The van der Waals surface area contributed by atoms with Crippen molar-refractivity contribution in [2.24, 2.45) is 11.1 Å². The van der Waals surface area contributed by atoms with E-state index in [1.54, 1.807) is 26.0 Å². The number of rotatable bonds is 3. The molecule has 1 aromatic rings. The maximum absolute atomic E-state index is 11.7. The number of para-hydroxylation sites is 1. The summed E-state index contributed by atoms with van der Waals surface area (Å²) in [7, 11) is 1.28. The molecule has 0 saturated heterocycles. The second-order valence-electron chi connectivity index (χ2n) is 4.55. The van der Waals surface area contributed by atoms with Gasteiger partial charge < -0.3 is 15.6 Å². The number of hydrogen-bond acceptors (Lipinski definition) is 5. The van der Waals surface area contributed by atoms with Crippen molar-refractivity contribution < 1.29 is 14.6 Å². The molecule has 19 heavy (non-hydrogen) atoms. The van der Waals surface area contributed by atoms with E-state index in [-0.39, 0.29) is 23.7 Å². The molecule has 3 N–H and O–H groups in total. The van der Waals surface area contributed by atoms with Gasteiger partial charge in [-0.15, -0.1) is 12.4 Å². The summed E-state index contributed by atoms with van der Waals surface area (Å²) in [6.07, 6.45) is 0. The summed E-state index contributed by atoms with van der Waals surface area (Å²) in [5.74, 6) is -0.666. The number of aromatic hydroxyl groups is 1. The Hall–Kier alpha value is -1.77. The summed E-state index contributed by atoms with van der Waals surface area (Å²) in [4.78, 5) is 11.7. The third-order valence-electron chi connectivity index (χ3n) is 3.01. The first-order valence-electron chi connectivity index (χ1n) is 5.42. The monoisotopic (exact) mass is 284 g/mol. The van der Waals surface area contributed by atoms with Crippen molar-refractivity contribution in [2.75, 3.05) is 7.11 Å². The fourth-order valence-electron chi connectivity index (χ4n) is 1.68. The Morgan fingerprint density at radius 3 is 2.58 bits per heavy atom. The highest BCUT2D eigenvalue weighted by Crippen LogP contribution is 2.37. The van der Waals surface area contributed by atoms with Crippen molar-refractivity contribution >= 4 is 18.4 Å². The van der Waals surface area contributed by atoms with E-state index in [4.69, 9.17) is 11.0 Å². The minimum Gasteiger partial charge on any atom is -0.506 e. The molecule has 6 heteroatoms.